The van der Waals surface area contributed by atoms with Gasteiger partial charge in [-0.1, -0.05) is 35.0 Å². The highest BCUT2D eigenvalue weighted by Crippen LogP contribution is 2.28. The molecule has 6 nitrogen and oxygen atoms in total. The number of aromatic nitrogens is 2. The first-order valence-electron chi connectivity index (χ1n) is 6.78. The van der Waals surface area contributed by atoms with Crippen LogP contribution < -0.4 is 5.32 Å². The number of amides is 1. The van der Waals surface area contributed by atoms with Gasteiger partial charge in [0.05, 0.1) is 28.3 Å². The van der Waals surface area contributed by atoms with E-state index in [0.29, 0.717) is 27.4 Å². The summed E-state index contributed by atoms with van der Waals surface area (Å²) >= 11 is 13.0. The van der Waals surface area contributed by atoms with E-state index in [2.05, 4.69) is 15.5 Å². The van der Waals surface area contributed by atoms with E-state index in [1.54, 1.807) is 37.5 Å². The van der Waals surface area contributed by atoms with Gasteiger partial charge in [0.2, 0.25) is 5.91 Å². The second kappa shape index (κ2) is 7.29. The van der Waals surface area contributed by atoms with E-state index in [0.717, 1.165) is 17.3 Å². The maximum absolute atomic E-state index is 12.0. The van der Waals surface area contributed by atoms with Crippen LogP contribution in [0.25, 0.3) is 11.5 Å². The van der Waals surface area contributed by atoms with Crippen LogP contribution in [0.5, 0.6) is 0 Å². The van der Waals surface area contributed by atoms with Crippen molar-refractivity contribution in [2.45, 2.75) is 12.1 Å². The molecule has 24 heavy (non-hydrogen) atoms. The fourth-order valence-electron chi connectivity index (χ4n) is 1.89. The van der Waals surface area contributed by atoms with Crippen LogP contribution in [0.4, 0.5) is 5.69 Å². The molecule has 0 bridgehead atoms. The highest BCUT2D eigenvalue weighted by Gasteiger charge is 2.15. The second-order valence-electron chi connectivity index (χ2n) is 4.72. The highest BCUT2D eigenvalue weighted by molar-refractivity contribution is 7.99. The smallest absolute Gasteiger partial charge is 0.277 e. The summed E-state index contributed by atoms with van der Waals surface area (Å²) in [6.45, 7) is 1.80. The number of benzene rings is 1. The molecule has 9 heteroatoms. The number of thioether (sulfide) groups is 1. The monoisotopic (exact) mass is 383 g/mol. The molecule has 0 unspecified atom stereocenters. The van der Waals surface area contributed by atoms with Crippen LogP contribution >= 0.6 is 35.0 Å². The summed E-state index contributed by atoms with van der Waals surface area (Å²) in [5.74, 6) is 0.864. The third kappa shape index (κ3) is 3.92. The molecule has 1 N–H and O–H groups in total. The molecule has 0 aliphatic carbocycles. The molecule has 0 atom stereocenters. The molecule has 1 aromatic carbocycles. The average molecular weight is 384 g/mol. The van der Waals surface area contributed by atoms with Crippen LogP contribution in [0, 0.1) is 6.92 Å². The zero-order valence-electron chi connectivity index (χ0n) is 12.4. The van der Waals surface area contributed by atoms with Crippen molar-refractivity contribution in [1.82, 2.24) is 10.2 Å². The van der Waals surface area contributed by atoms with Crippen molar-refractivity contribution >= 4 is 46.6 Å². The Morgan fingerprint density at radius 3 is 2.88 bits per heavy atom. The minimum Gasteiger partial charge on any atom is -0.469 e. The van der Waals surface area contributed by atoms with E-state index in [-0.39, 0.29) is 16.9 Å². The molecule has 3 rings (SSSR count). The molecule has 2 heterocycles. The van der Waals surface area contributed by atoms with E-state index < -0.39 is 0 Å². The van der Waals surface area contributed by atoms with Crippen molar-refractivity contribution < 1.29 is 13.6 Å². The maximum Gasteiger partial charge on any atom is 0.277 e. The number of anilines is 1. The van der Waals surface area contributed by atoms with Gasteiger partial charge in [-0.2, -0.15) is 0 Å². The fourth-order valence-corrected chi connectivity index (χ4v) is 2.79. The summed E-state index contributed by atoms with van der Waals surface area (Å²) in [6, 6.07) is 6.58. The Labute approximate surface area is 151 Å². The Morgan fingerprint density at radius 2 is 2.12 bits per heavy atom. The molecule has 0 saturated carbocycles. The van der Waals surface area contributed by atoms with Crippen LogP contribution in [-0.2, 0) is 4.79 Å². The first-order valence-corrected chi connectivity index (χ1v) is 8.53. The van der Waals surface area contributed by atoms with E-state index in [1.807, 2.05) is 0 Å². The van der Waals surface area contributed by atoms with Crippen molar-refractivity contribution in [1.29, 1.82) is 0 Å². The number of hydrogen-bond donors (Lipinski definition) is 1. The van der Waals surface area contributed by atoms with Gasteiger partial charge in [0, 0.05) is 5.02 Å². The topological polar surface area (TPSA) is 81.2 Å². The molecular formula is C15H11Cl2N3O3S. The number of nitrogens with zero attached hydrogens (tertiary/aromatic N) is 2. The average Bonchev–Trinajstić information content (AvgIpc) is 3.17. The van der Waals surface area contributed by atoms with Crippen molar-refractivity contribution in [2.75, 3.05) is 11.1 Å². The van der Waals surface area contributed by atoms with Gasteiger partial charge >= 0.3 is 0 Å². The van der Waals surface area contributed by atoms with Gasteiger partial charge in [0.15, 0.2) is 0 Å². The number of aryl methyl sites for hydroxylation is 1. The van der Waals surface area contributed by atoms with Crippen LogP contribution in [0.2, 0.25) is 10.0 Å². The van der Waals surface area contributed by atoms with Gasteiger partial charge in [-0.05, 0) is 31.2 Å². The number of carbonyl (C=O) groups excluding carboxylic acids is 1. The van der Waals surface area contributed by atoms with Crippen LogP contribution in [-0.4, -0.2) is 21.9 Å². The fraction of sp³-hybridized carbons (Fsp3) is 0.133. The Kier molecular flexibility index (Phi) is 5.13. The quantitative estimate of drug-likeness (QED) is 0.644. The lowest BCUT2D eigenvalue weighted by Crippen LogP contribution is -2.14. The van der Waals surface area contributed by atoms with Gasteiger partial charge in [-0.3, -0.25) is 4.79 Å². The Hall–Kier alpha value is -1.96. The van der Waals surface area contributed by atoms with Gasteiger partial charge < -0.3 is 14.2 Å². The molecule has 0 aliphatic heterocycles. The van der Waals surface area contributed by atoms with Crippen LogP contribution in [0.1, 0.15) is 5.76 Å². The molecule has 2 aromatic heterocycles. The molecule has 0 radical (unpaired) electrons. The summed E-state index contributed by atoms with van der Waals surface area (Å²) < 4.78 is 10.7. The second-order valence-corrected chi connectivity index (χ2v) is 6.49. The van der Waals surface area contributed by atoms with Crippen molar-refractivity contribution in [3.05, 3.63) is 46.3 Å². The van der Waals surface area contributed by atoms with Crippen molar-refractivity contribution in [3.8, 4) is 11.5 Å². The molecule has 1 amide bonds. The normalized spacial score (nSPS) is 10.8. The minimum absolute atomic E-state index is 0.0921. The molecule has 0 saturated heterocycles. The molecule has 124 valence electrons. The predicted octanol–water partition coefficient (Wildman–Crippen LogP) is 4.68. The first kappa shape index (κ1) is 16.9. The number of hydrogen-bond acceptors (Lipinski definition) is 6. The Balaban J connectivity index is 1.60. The van der Waals surface area contributed by atoms with Gasteiger partial charge in [-0.25, -0.2) is 0 Å². The van der Waals surface area contributed by atoms with Crippen LogP contribution in [0.3, 0.4) is 0 Å². The predicted molar refractivity (Wildman–Crippen MR) is 92.6 cm³/mol. The van der Waals surface area contributed by atoms with E-state index in [9.17, 15) is 4.79 Å². The van der Waals surface area contributed by atoms with Gasteiger partial charge in [-0.15, -0.1) is 10.2 Å². The molecular weight excluding hydrogens is 373 g/mol. The summed E-state index contributed by atoms with van der Waals surface area (Å²) in [7, 11) is 0. The van der Waals surface area contributed by atoms with E-state index in [1.165, 1.54) is 0 Å². The van der Waals surface area contributed by atoms with E-state index >= 15 is 0 Å². The maximum atomic E-state index is 12.0. The lowest BCUT2D eigenvalue weighted by Gasteiger charge is -2.06. The molecule has 3 aromatic rings. The van der Waals surface area contributed by atoms with Crippen molar-refractivity contribution in [3.63, 3.8) is 0 Å². The zero-order valence-corrected chi connectivity index (χ0v) is 14.7. The molecule has 0 fully saturated rings. The Bertz CT molecular complexity index is 878. The SMILES string of the molecule is Cc1occc1-c1nnc(SCC(=O)Nc2cc(Cl)ccc2Cl)o1. The summed E-state index contributed by atoms with van der Waals surface area (Å²) in [5.41, 5.74) is 1.18. The van der Waals surface area contributed by atoms with Crippen molar-refractivity contribution in [2.24, 2.45) is 0 Å². The van der Waals surface area contributed by atoms with Gasteiger partial charge in [0.1, 0.15) is 5.76 Å². The lowest BCUT2D eigenvalue weighted by atomic mass is 10.3. The van der Waals surface area contributed by atoms with E-state index in [4.69, 9.17) is 32.0 Å². The number of halogens is 2. The molecule has 0 aliphatic rings. The minimum atomic E-state index is -0.261. The number of furan rings is 1. The highest BCUT2D eigenvalue weighted by atomic mass is 35.5. The third-order valence-electron chi connectivity index (χ3n) is 3.02. The summed E-state index contributed by atoms with van der Waals surface area (Å²) in [6.07, 6.45) is 1.55. The summed E-state index contributed by atoms with van der Waals surface area (Å²) in [5, 5.41) is 11.7. The first-order chi connectivity index (χ1) is 11.5. The number of rotatable bonds is 5. The Morgan fingerprint density at radius 1 is 1.29 bits per heavy atom. The van der Waals surface area contributed by atoms with Crippen LogP contribution in [0.15, 0.2) is 44.6 Å². The zero-order chi connectivity index (χ0) is 17.1. The standard InChI is InChI=1S/C15H11Cl2N3O3S/c1-8-10(4-5-22-8)14-19-20-15(23-14)24-7-13(21)18-12-6-9(16)2-3-11(12)17/h2-6H,7H2,1H3,(H,18,21). The van der Waals surface area contributed by atoms with Gasteiger partial charge in [0.25, 0.3) is 11.1 Å². The number of nitrogens with one attached hydrogen (secondary N) is 1. The third-order valence-corrected chi connectivity index (χ3v) is 4.41. The lowest BCUT2D eigenvalue weighted by molar-refractivity contribution is -0.113. The molecule has 0 spiro atoms. The summed E-state index contributed by atoms with van der Waals surface area (Å²) in [4.78, 5) is 12.0. The largest absolute Gasteiger partial charge is 0.469 e. The number of carbonyl (C=O) groups is 1.